The Bertz CT molecular complexity index is 607. The highest BCUT2D eigenvalue weighted by atomic mass is 15.2. The molecule has 0 fully saturated rings. The van der Waals surface area contributed by atoms with Crippen LogP contribution in [0.25, 0.3) is 0 Å². The van der Waals surface area contributed by atoms with Crippen molar-refractivity contribution in [3.05, 3.63) is 64.5 Å². The molecule has 0 aliphatic heterocycles. The van der Waals surface area contributed by atoms with Gasteiger partial charge >= 0.3 is 0 Å². The first-order valence-corrected chi connectivity index (χ1v) is 7.25. The van der Waals surface area contributed by atoms with Crippen molar-refractivity contribution in [1.82, 2.24) is 10.4 Å². The third kappa shape index (κ3) is 2.60. The Morgan fingerprint density at radius 1 is 1.25 bits per heavy atom. The van der Waals surface area contributed by atoms with Gasteiger partial charge in [0.15, 0.2) is 0 Å². The molecule has 3 rings (SSSR count). The number of hydrogen-bond acceptors (Lipinski definition) is 3. The van der Waals surface area contributed by atoms with Crippen molar-refractivity contribution < 1.29 is 0 Å². The molecular formula is C17H21N3. The maximum absolute atomic E-state index is 5.76. The monoisotopic (exact) mass is 267 g/mol. The average molecular weight is 267 g/mol. The van der Waals surface area contributed by atoms with Gasteiger partial charge in [-0.2, -0.15) is 0 Å². The zero-order valence-corrected chi connectivity index (χ0v) is 11.9. The summed E-state index contributed by atoms with van der Waals surface area (Å²) in [5.74, 6) is 5.76. The second kappa shape index (κ2) is 5.73. The predicted octanol–water partition coefficient (Wildman–Crippen LogP) is 2.63. The first-order chi connectivity index (χ1) is 9.78. The van der Waals surface area contributed by atoms with E-state index in [1.165, 1.54) is 47.1 Å². The van der Waals surface area contributed by atoms with Gasteiger partial charge in [-0.25, -0.2) is 0 Å². The number of hydrogen-bond donors (Lipinski definition) is 2. The van der Waals surface area contributed by atoms with Crippen LogP contribution in [0.15, 0.2) is 36.7 Å². The number of nitrogens with zero attached hydrogens (tertiary/aromatic N) is 1. The topological polar surface area (TPSA) is 50.9 Å². The van der Waals surface area contributed by atoms with E-state index in [0.717, 1.165) is 6.42 Å². The van der Waals surface area contributed by atoms with E-state index in [0.29, 0.717) is 0 Å². The van der Waals surface area contributed by atoms with Crippen molar-refractivity contribution in [3.63, 3.8) is 0 Å². The van der Waals surface area contributed by atoms with E-state index >= 15 is 0 Å². The first-order valence-electron chi connectivity index (χ1n) is 7.25. The Labute approximate surface area is 120 Å². The van der Waals surface area contributed by atoms with Gasteiger partial charge < -0.3 is 0 Å². The number of nitrogens with one attached hydrogen (secondary N) is 1. The maximum atomic E-state index is 5.76. The molecule has 3 N–H and O–H groups in total. The summed E-state index contributed by atoms with van der Waals surface area (Å²) in [7, 11) is 0. The number of fused-ring (bicyclic) bond motifs is 1. The lowest BCUT2D eigenvalue weighted by Gasteiger charge is -2.18. The number of aromatic nitrogens is 1. The third-order valence-corrected chi connectivity index (χ3v) is 4.24. The van der Waals surface area contributed by atoms with E-state index in [2.05, 4.69) is 35.5 Å². The van der Waals surface area contributed by atoms with Crippen molar-refractivity contribution in [2.75, 3.05) is 0 Å². The molecule has 1 unspecified atom stereocenters. The Morgan fingerprint density at radius 2 is 2.10 bits per heavy atom. The minimum absolute atomic E-state index is 0.137. The van der Waals surface area contributed by atoms with Gasteiger partial charge in [-0.1, -0.05) is 18.2 Å². The van der Waals surface area contributed by atoms with E-state index < -0.39 is 0 Å². The molecule has 104 valence electrons. The zero-order valence-electron chi connectivity index (χ0n) is 11.9. The van der Waals surface area contributed by atoms with Crippen LogP contribution in [0.3, 0.4) is 0 Å². The van der Waals surface area contributed by atoms with Crippen molar-refractivity contribution in [2.24, 2.45) is 5.84 Å². The molecule has 0 saturated carbocycles. The average Bonchev–Trinajstić information content (AvgIpc) is 2.93. The lowest BCUT2D eigenvalue weighted by molar-refractivity contribution is 0.548. The molecule has 1 aliphatic carbocycles. The molecule has 1 heterocycles. The van der Waals surface area contributed by atoms with Gasteiger partial charge in [-0.3, -0.25) is 16.3 Å². The largest absolute Gasteiger partial charge is 0.271 e. The molecule has 2 aromatic rings. The summed E-state index contributed by atoms with van der Waals surface area (Å²) in [6, 6.07) is 9.06. The summed E-state index contributed by atoms with van der Waals surface area (Å²) in [5.41, 5.74) is 9.74. The molecule has 1 atom stereocenters. The molecule has 0 amide bonds. The van der Waals surface area contributed by atoms with Gasteiger partial charge in [0.2, 0.25) is 0 Å². The van der Waals surface area contributed by atoms with Gasteiger partial charge in [-0.15, -0.1) is 0 Å². The van der Waals surface area contributed by atoms with Crippen LogP contribution < -0.4 is 11.3 Å². The SMILES string of the molecule is Cc1cnccc1C(Cc1ccc2c(c1)CCC2)NN. The normalized spacial score (nSPS) is 15.1. The second-order valence-corrected chi connectivity index (χ2v) is 5.61. The van der Waals surface area contributed by atoms with Gasteiger partial charge in [0.1, 0.15) is 0 Å². The molecule has 20 heavy (non-hydrogen) atoms. The molecule has 3 heteroatoms. The fourth-order valence-corrected chi connectivity index (χ4v) is 3.12. The Balaban J connectivity index is 1.83. The Kier molecular flexibility index (Phi) is 3.81. The molecule has 1 aromatic heterocycles. The van der Waals surface area contributed by atoms with E-state index in [4.69, 9.17) is 5.84 Å². The number of rotatable bonds is 4. The summed E-state index contributed by atoms with van der Waals surface area (Å²) < 4.78 is 0. The van der Waals surface area contributed by atoms with Crippen LogP contribution in [0, 0.1) is 6.92 Å². The molecule has 1 aliphatic rings. The van der Waals surface area contributed by atoms with Gasteiger partial charge in [0.05, 0.1) is 6.04 Å². The van der Waals surface area contributed by atoms with Crippen molar-refractivity contribution in [2.45, 2.75) is 38.6 Å². The van der Waals surface area contributed by atoms with Crippen LogP contribution in [-0.2, 0) is 19.3 Å². The van der Waals surface area contributed by atoms with Crippen LogP contribution in [0.1, 0.15) is 40.3 Å². The zero-order chi connectivity index (χ0) is 13.9. The highest BCUT2D eigenvalue weighted by Crippen LogP contribution is 2.26. The number of pyridine rings is 1. The van der Waals surface area contributed by atoms with Crippen LogP contribution in [0.2, 0.25) is 0 Å². The summed E-state index contributed by atoms with van der Waals surface area (Å²) in [4.78, 5) is 4.15. The summed E-state index contributed by atoms with van der Waals surface area (Å²) in [6.07, 6.45) is 8.38. The minimum Gasteiger partial charge on any atom is -0.271 e. The van der Waals surface area contributed by atoms with E-state index in [-0.39, 0.29) is 6.04 Å². The van der Waals surface area contributed by atoms with Gasteiger partial charge in [0, 0.05) is 12.4 Å². The molecule has 0 spiro atoms. The van der Waals surface area contributed by atoms with Crippen molar-refractivity contribution >= 4 is 0 Å². The molecular weight excluding hydrogens is 246 g/mol. The standard InChI is InChI=1S/C17H21N3/c1-12-11-19-8-7-16(12)17(20-18)10-13-5-6-14-3-2-4-15(14)9-13/h5-9,11,17,20H,2-4,10,18H2,1H3. The number of benzene rings is 1. The summed E-state index contributed by atoms with van der Waals surface area (Å²) >= 11 is 0. The van der Waals surface area contributed by atoms with Crippen LogP contribution in [-0.4, -0.2) is 4.98 Å². The van der Waals surface area contributed by atoms with E-state index in [1.54, 1.807) is 0 Å². The maximum Gasteiger partial charge on any atom is 0.0504 e. The fourth-order valence-electron chi connectivity index (χ4n) is 3.12. The molecule has 0 bridgehead atoms. The van der Waals surface area contributed by atoms with Crippen molar-refractivity contribution in [3.8, 4) is 0 Å². The quantitative estimate of drug-likeness (QED) is 0.661. The summed E-state index contributed by atoms with van der Waals surface area (Å²) in [5, 5.41) is 0. The second-order valence-electron chi connectivity index (χ2n) is 5.61. The van der Waals surface area contributed by atoms with Crippen LogP contribution in [0.5, 0.6) is 0 Å². The van der Waals surface area contributed by atoms with Crippen LogP contribution in [0.4, 0.5) is 0 Å². The predicted molar refractivity (Wildman–Crippen MR) is 81.2 cm³/mol. The minimum atomic E-state index is 0.137. The fraction of sp³-hybridized carbons (Fsp3) is 0.353. The molecule has 3 nitrogen and oxygen atoms in total. The third-order valence-electron chi connectivity index (χ3n) is 4.24. The first kappa shape index (κ1) is 13.3. The Hall–Kier alpha value is -1.71. The summed E-state index contributed by atoms with van der Waals surface area (Å²) in [6.45, 7) is 2.08. The molecule has 0 saturated heterocycles. The smallest absolute Gasteiger partial charge is 0.0504 e. The van der Waals surface area contributed by atoms with Crippen LogP contribution >= 0.6 is 0 Å². The highest BCUT2D eigenvalue weighted by molar-refractivity contribution is 5.36. The number of hydrazine groups is 1. The van der Waals surface area contributed by atoms with Gasteiger partial charge in [0.25, 0.3) is 0 Å². The van der Waals surface area contributed by atoms with Crippen molar-refractivity contribution in [1.29, 1.82) is 0 Å². The lowest BCUT2D eigenvalue weighted by atomic mass is 9.95. The molecule has 1 aromatic carbocycles. The van der Waals surface area contributed by atoms with Gasteiger partial charge in [-0.05, 0) is 66.5 Å². The number of aryl methyl sites for hydroxylation is 3. The molecule has 0 radical (unpaired) electrons. The van der Waals surface area contributed by atoms with E-state index in [9.17, 15) is 0 Å². The number of nitrogens with two attached hydrogens (primary N) is 1. The van der Waals surface area contributed by atoms with E-state index in [1.807, 2.05) is 18.5 Å². The highest BCUT2D eigenvalue weighted by Gasteiger charge is 2.15. The lowest BCUT2D eigenvalue weighted by Crippen LogP contribution is -2.30. The Morgan fingerprint density at radius 3 is 2.90 bits per heavy atom.